The third-order valence-electron chi connectivity index (χ3n) is 6.46. The van der Waals surface area contributed by atoms with E-state index in [1.807, 2.05) is 18.2 Å². The van der Waals surface area contributed by atoms with Crippen LogP contribution in [0.3, 0.4) is 0 Å². The molecule has 0 atom stereocenters. The van der Waals surface area contributed by atoms with Gasteiger partial charge in [0.1, 0.15) is 25.0 Å². The van der Waals surface area contributed by atoms with Crippen LogP contribution in [0.4, 0.5) is 5.82 Å². The maximum Gasteiger partial charge on any atom is 0.157 e. The fourth-order valence-corrected chi connectivity index (χ4v) is 4.68. The normalized spacial score (nSPS) is 14.9. The van der Waals surface area contributed by atoms with Gasteiger partial charge in [-0.05, 0) is 43.0 Å². The first-order chi connectivity index (χ1) is 15.2. The molecule has 0 radical (unpaired) electrons. The zero-order valence-electron chi connectivity index (χ0n) is 18.8. The summed E-state index contributed by atoms with van der Waals surface area (Å²) in [5.41, 5.74) is 5.80. The Bertz CT molecular complexity index is 1080. The summed E-state index contributed by atoms with van der Waals surface area (Å²) >= 11 is 0. The van der Waals surface area contributed by atoms with Crippen molar-refractivity contribution in [2.45, 2.75) is 46.0 Å². The number of nitrogens with one attached hydrogen (secondary N) is 2. The number of morpholine rings is 1. The molecule has 164 valence electrons. The van der Waals surface area contributed by atoms with E-state index in [9.17, 15) is 5.26 Å². The number of aromatic nitrogens is 2. The molecule has 2 aromatic heterocycles. The Hall–Kier alpha value is -2.62. The molecule has 3 heterocycles. The molecule has 6 heteroatoms. The molecular weight excluding hydrogens is 386 g/mol. The summed E-state index contributed by atoms with van der Waals surface area (Å²) in [6.45, 7) is 10.4. The number of pyridine rings is 1. The Kier molecular flexibility index (Phi) is 7.06. The minimum atomic E-state index is 0.700. The number of rotatable bonds is 9. The number of nitrogens with zero attached hydrogens (tertiary/aromatic N) is 3. The average molecular weight is 421 g/mol. The topological polar surface area (TPSA) is 66.8 Å². The Morgan fingerprint density at radius 2 is 2.00 bits per heavy atom. The van der Waals surface area contributed by atoms with Crippen molar-refractivity contribution in [2.24, 2.45) is 0 Å². The van der Waals surface area contributed by atoms with Crippen LogP contribution in [0.1, 0.15) is 49.3 Å². The standard InChI is InChI=1S/C25H33N5O/c1-3-4-5-9-20-19(2)21(18-26)25-28-22-10-6-7-11-23(22)30(25)24(20)27-12-8-13-29-14-16-31-17-15-29/h6-7,10-11,27H,3-5,8-9,12-17H2,1-2H3/p+1. The van der Waals surface area contributed by atoms with Crippen LogP contribution >= 0.6 is 0 Å². The van der Waals surface area contributed by atoms with Crippen LogP contribution in [0.2, 0.25) is 0 Å². The minimum Gasteiger partial charge on any atom is -0.371 e. The summed E-state index contributed by atoms with van der Waals surface area (Å²) < 4.78 is 7.66. The van der Waals surface area contributed by atoms with E-state index in [1.165, 1.54) is 18.4 Å². The van der Waals surface area contributed by atoms with Crippen LogP contribution in [0.25, 0.3) is 16.7 Å². The lowest BCUT2D eigenvalue weighted by atomic mass is 9.99. The Morgan fingerprint density at radius 3 is 2.77 bits per heavy atom. The minimum absolute atomic E-state index is 0.700. The summed E-state index contributed by atoms with van der Waals surface area (Å²) in [5.74, 6) is 1.12. The number of ether oxygens (including phenoxy) is 1. The van der Waals surface area contributed by atoms with E-state index < -0.39 is 0 Å². The van der Waals surface area contributed by atoms with E-state index in [-0.39, 0.29) is 0 Å². The van der Waals surface area contributed by atoms with Gasteiger partial charge in [-0.1, -0.05) is 31.9 Å². The van der Waals surface area contributed by atoms with Gasteiger partial charge in [-0.25, -0.2) is 4.98 Å². The van der Waals surface area contributed by atoms with Gasteiger partial charge < -0.3 is 15.0 Å². The number of nitriles is 1. The molecule has 31 heavy (non-hydrogen) atoms. The zero-order chi connectivity index (χ0) is 21.6. The quantitative estimate of drug-likeness (QED) is 0.522. The molecule has 0 bridgehead atoms. The average Bonchev–Trinajstić information content (AvgIpc) is 3.18. The Balaban J connectivity index is 1.69. The molecule has 1 saturated heterocycles. The summed E-state index contributed by atoms with van der Waals surface area (Å²) in [6.07, 6.45) is 5.60. The molecule has 0 unspecified atom stereocenters. The number of imidazole rings is 1. The maximum atomic E-state index is 9.95. The molecule has 4 rings (SSSR count). The second kappa shape index (κ2) is 10.1. The van der Waals surface area contributed by atoms with E-state index in [0.717, 1.165) is 86.7 Å². The van der Waals surface area contributed by atoms with E-state index in [0.29, 0.717) is 5.56 Å². The van der Waals surface area contributed by atoms with Gasteiger partial charge in [0.15, 0.2) is 5.65 Å². The number of hydrogen-bond acceptors (Lipinski definition) is 4. The van der Waals surface area contributed by atoms with Gasteiger partial charge >= 0.3 is 0 Å². The second-order valence-electron chi connectivity index (χ2n) is 8.55. The molecular formula is C25H34N5O+. The van der Waals surface area contributed by atoms with Crippen LogP contribution < -0.4 is 10.2 Å². The molecule has 0 saturated carbocycles. The number of unbranched alkanes of at least 4 members (excludes halogenated alkanes) is 2. The van der Waals surface area contributed by atoms with Crippen molar-refractivity contribution in [3.63, 3.8) is 0 Å². The maximum absolute atomic E-state index is 9.95. The fraction of sp³-hybridized carbons (Fsp3) is 0.520. The van der Waals surface area contributed by atoms with Gasteiger partial charge in [-0.15, -0.1) is 0 Å². The highest BCUT2D eigenvalue weighted by molar-refractivity contribution is 5.86. The van der Waals surface area contributed by atoms with Gasteiger partial charge in [0.05, 0.1) is 36.4 Å². The van der Waals surface area contributed by atoms with Crippen LogP contribution in [0.15, 0.2) is 24.3 Å². The first-order valence-corrected chi connectivity index (χ1v) is 11.7. The van der Waals surface area contributed by atoms with Crippen LogP contribution in [0.5, 0.6) is 0 Å². The first-order valence-electron chi connectivity index (χ1n) is 11.7. The van der Waals surface area contributed by atoms with Gasteiger partial charge in [-0.3, -0.25) is 4.40 Å². The van der Waals surface area contributed by atoms with Crippen molar-refractivity contribution in [1.82, 2.24) is 9.38 Å². The van der Waals surface area contributed by atoms with E-state index in [2.05, 4.69) is 35.7 Å². The van der Waals surface area contributed by atoms with Gasteiger partial charge in [0.2, 0.25) is 0 Å². The zero-order valence-corrected chi connectivity index (χ0v) is 18.8. The highest BCUT2D eigenvalue weighted by Gasteiger charge is 2.20. The van der Waals surface area contributed by atoms with Crippen molar-refractivity contribution in [3.05, 3.63) is 41.0 Å². The van der Waals surface area contributed by atoms with Crippen molar-refractivity contribution >= 4 is 22.5 Å². The summed E-state index contributed by atoms with van der Waals surface area (Å²) in [5, 5.41) is 13.7. The van der Waals surface area contributed by atoms with E-state index in [1.54, 1.807) is 4.90 Å². The van der Waals surface area contributed by atoms with Crippen molar-refractivity contribution in [3.8, 4) is 6.07 Å². The smallest absolute Gasteiger partial charge is 0.157 e. The molecule has 0 spiro atoms. The third-order valence-corrected chi connectivity index (χ3v) is 6.46. The molecule has 2 N–H and O–H groups in total. The monoisotopic (exact) mass is 420 g/mol. The van der Waals surface area contributed by atoms with Crippen LogP contribution in [-0.2, 0) is 11.2 Å². The Morgan fingerprint density at radius 1 is 1.19 bits per heavy atom. The van der Waals surface area contributed by atoms with Crippen molar-refractivity contribution in [1.29, 1.82) is 5.26 Å². The van der Waals surface area contributed by atoms with Gasteiger partial charge in [0, 0.05) is 13.0 Å². The summed E-state index contributed by atoms with van der Waals surface area (Å²) in [7, 11) is 0. The summed E-state index contributed by atoms with van der Waals surface area (Å²) in [6, 6.07) is 10.6. The molecule has 1 aliphatic heterocycles. The lowest BCUT2D eigenvalue weighted by molar-refractivity contribution is -0.908. The molecule has 3 aromatic rings. The highest BCUT2D eigenvalue weighted by Crippen LogP contribution is 2.32. The molecule has 0 amide bonds. The molecule has 6 nitrogen and oxygen atoms in total. The molecule has 0 aliphatic carbocycles. The van der Waals surface area contributed by atoms with Crippen LogP contribution in [-0.4, -0.2) is 48.8 Å². The lowest BCUT2D eigenvalue weighted by Crippen LogP contribution is -3.14. The van der Waals surface area contributed by atoms with Crippen LogP contribution in [0, 0.1) is 18.3 Å². The van der Waals surface area contributed by atoms with Crippen molar-refractivity contribution < 1.29 is 9.64 Å². The number of para-hydroxylation sites is 2. The molecule has 1 aliphatic rings. The highest BCUT2D eigenvalue weighted by atomic mass is 16.5. The third kappa shape index (κ3) is 4.53. The number of quaternary nitrogens is 1. The fourth-order valence-electron chi connectivity index (χ4n) is 4.68. The molecule has 1 fully saturated rings. The molecule has 1 aromatic carbocycles. The van der Waals surface area contributed by atoms with E-state index >= 15 is 0 Å². The largest absolute Gasteiger partial charge is 0.371 e. The number of anilines is 1. The Labute approximate surface area is 184 Å². The number of hydrogen-bond donors (Lipinski definition) is 2. The number of fused-ring (bicyclic) bond motifs is 3. The number of benzene rings is 1. The van der Waals surface area contributed by atoms with Crippen molar-refractivity contribution in [2.75, 3.05) is 44.7 Å². The lowest BCUT2D eigenvalue weighted by Gasteiger charge is -2.24. The predicted molar refractivity (Wildman–Crippen MR) is 125 cm³/mol. The second-order valence-corrected chi connectivity index (χ2v) is 8.55. The van der Waals surface area contributed by atoms with E-state index in [4.69, 9.17) is 9.72 Å². The van der Waals surface area contributed by atoms with Gasteiger partial charge in [-0.2, -0.15) is 5.26 Å². The first kappa shape index (κ1) is 21.6. The predicted octanol–water partition coefficient (Wildman–Crippen LogP) is 3.12. The van der Waals surface area contributed by atoms with Gasteiger partial charge in [0.25, 0.3) is 0 Å². The summed E-state index contributed by atoms with van der Waals surface area (Å²) in [4.78, 5) is 6.46. The SMILES string of the molecule is CCCCCc1c(C)c(C#N)c2nc3ccccc3n2c1NCCC[NH+]1CCOCC1.